The van der Waals surface area contributed by atoms with Crippen LogP contribution in [0.25, 0.3) is 0 Å². The Morgan fingerprint density at radius 3 is 2.61 bits per heavy atom. The summed E-state index contributed by atoms with van der Waals surface area (Å²) in [6, 6.07) is 5.92. The molecule has 1 unspecified atom stereocenters. The van der Waals surface area contributed by atoms with Crippen molar-refractivity contribution in [3.05, 3.63) is 33.9 Å². The molecule has 5 nitrogen and oxygen atoms in total. The highest BCUT2D eigenvalue weighted by atomic mass is 16.6. The molecule has 1 aromatic carbocycles. The van der Waals surface area contributed by atoms with Crippen molar-refractivity contribution < 1.29 is 4.92 Å². The van der Waals surface area contributed by atoms with E-state index in [9.17, 15) is 10.1 Å². The first-order chi connectivity index (χ1) is 8.49. The second kappa shape index (κ2) is 5.70. The van der Waals surface area contributed by atoms with Crippen LogP contribution in [-0.2, 0) is 0 Å². The summed E-state index contributed by atoms with van der Waals surface area (Å²) in [7, 11) is 0. The van der Waals surface area contributed by atoms with Crippen molar-refractivity contribution in [2.75, 3.05) is 5.32 Å². The predicted octanol–water partition coefficient (Wildman–Crippen LogP) is 2.54. The first-order valence-corrected chi connectivity index (χ1v) is 5.40. The summed E-state index contributed by atoms with van der Waals surface area (Å²) in [4.78, 5) is 10.2. The summed E-state index contributed by atoms with van der Waals surface area (Å²) in [6.45, 7) is 3.91. The van der Waals surface area contributed by atoms with Crippen molar-refractivity contribution in [3.8, 4) is 18.4 Å². The Morgan fingerprint density at radius 2 is 2.17 bits per heavy atom. The van der Waals surface area contributed by atoms with E-state index in [1.165, 1.54) is 12.1 Å². The predicted molar refractivity (Wildman–Crippen MR) is 68.9 cm³/mol. The molecule has 0 amide bonds. The molecule has 0 aliphatic carbocycles. The maximum Gasteiger partial charge on any atom is 0.289 e. The first-order valence-electron chi connectivity index (χ1n) is 5.40. The second-order valence-corrected chi connectivity index (χ2v) is 4.13. The third kappa shape index (κ3) is 2.99. The Bertz CT molecular complexity index is 538. The number of nitrogens with one attached hydrogen (secondary N) is 1. The number of nitrogens with zero attached hydrogens (tertiary/aromatic N) is 2. The van der Waals surface area contributed by atoms with E-state index >= 15 is 0 Å². The van der Waals surface area contributed by atoms with Crippen molar-refractivity contribution in [1.29, 1.82) is 5.26 Å². The van der Waals surface area contributed by atoms with Crippen LogP contribution < -0.4 is 5.32 Å². The molecule has 0 heterocycles. The average Bonchev–Trinajstić information content (AvgIpc) is 2.35. The highest BCUT2D eigenvalue weighted by Crippen LogP contribution is 2.23. The zero-order chi connectivity index (χ0) is 13.7. The molecule has 0 saturated heterocycles. The Hall–Kier alpha value is -2.53. The van der Waals surface area contributed by atoms with Crippen LogP contribution in [0.5, 0.6) is 0 Å². The van der Waals surface area contributed by atoms with Crippen LogP contribution in [-0.4, -0.2) is 11.0 Å². The molecule has 1 N–H and O–H groups in total. The Labute approximate surface area is 106 Å². The summed E-state index contributed by atoms with van der Waals surface area (Å²) < 4.78 is 0. The minimum absolute atomic E-state index is 0.0346. The van der Waals surface area contributed by atoms with Gasteiger partial charge in [-0.15, -0.1) is 6.42 Å². The molecular weight excluding hydrogens is 230 g/mol. The number of terminal acetylenes is 1. The van der Waals surface area contributed by atoms with Gasteiger partial charge in [-0.3, -0.25) is 10.1 Å². The molecule has 1 atom stereocenters. The molecular formula is C13H13N3O2. The average molecular weight is 243 g/mol. The van der Waals surface area contributed by atoms with Gasteiger partial charge in [-0.25, -0.2) is 0 Å². The SMILES string of the molecule is C#CC(Nc1ccc(C#N)c([N+](=O)[O-])c1)C(C)C. The van der Waals surface area contributed by atoms with Crippen LogP contribution in [0.4, 0.5) is 11.4 Å². The van der Waals surface area contributed by atoms with Gasteiger partial charge < -0.3 is 5.32 Å². The van der Waals surface area contributed by atoms with Gasteiger partial charge in [0.15, 0.2) is 0 Å². The van der Waals surface area contributed by atoms with Crippen molar-refractivity contribution in [3.63, 3.8) is 0 Å². The number of hydrogen-bond acceptors (Lipinski definition) is 4. The van der Waals surface area contributed by atoms with E-state index < -0.39 is 4.92 Å². The molecule has 0 aromatic heterocycles. The molecule has 0 saturated carbocycles. The lowest BCUT2D eigenvalue weighted by atomic mass is 10.0. The minimum Gasteiger partial charge on any atom is -0.371 e. The standard InChI is InChI=1S/C13H13N3O2/c1-4-12(9(2)3)15-11-6-5-10(8-14)13(7-11)16(17)18/h1,5-7,9,12,15H,2-3H3. The van der Waals surface area contributed by atoms with Gasteiger partial charge in [-0.05, 0) is 18.1 Å². The summed E-state index contributed by atoms with van der Waals surface area (Å²) in [5, 5.41) is 22.6. The second-order valence-electron chi connectivity index (χ2n) is 4.13. The molecule has 5 heteroatoms. The smallest absolute Gasteiger partial charge is 0.289 e. The van der Waals surface area contributed by atoms with Crippen molar-refractivity contribution >= 4 is 11.4 Å². The van der Waals surface area contributed by atoms with Crippen molar-refractivity contribution in [1.82, 2.24) is 0 Å². The van der Waals surface area contributed by atoms with Crippen LogP contribution >= 0.6 is 0 Å². The molecule has 0 aliphatic heterocycles. The van der Waals surface area contributed by atoms with E-state index in [4.69, 9.17) is 11.7 Å². The number of nitro benzene ring substituents is 1. The summed E-state index contributed by atoms with van der Waals surface area (Å²) >= 11 is 0. The van der Waals surface area contributed by atoms with Crippen LogP contribution in [0, 0.1) is 39.7 Å². The Kier molecular flexibility index (Phi) is 4.28. The van der Waals surface area contributed by atoms with Gasteiger partial charge in [0.25, 0.3) is 5.69 Å². The lowest BCUT2D eigenvalue weighted by Gasteiger charge is -2.17. The number of nitro groups is 1. The lowest BCUT2D eigenvalue weighted by molar-refractivity contribution is -0.385. The molecule has 1 rings (SSSR count). The lowest BCUT2D eigenvalue weighted by Crippen LogP contribution is -2.23. The Morgan fingerprint density at radius 1 is 1.50 bits per heavy atom. The number of nitriles is 1. The molecule has 0 bridgehead atoms. The third-order valence-corrected chi connectivity index (χ3v) is 2.48. The number of anilines is 1. The largest absolute Gasteiger partial charge is 0.371 e. The van der Waals surface area contributed by atoms with Crippen LogP contribution in [0.1, 0.15) is 19.4 Å². The van der Waals surface area contributed by atoms with Gasteiger partial charge in [0.05, 0.1) is 11.0 Å². The van der Waals surface area contributed by atoms with Crippen LogP contribution in [0.2, 0.25) is 0 Å². The number of hydrogen-bond donors (Lipinski definition) is 1. The van der Waals surface area contributed by atoms with Crippen molar-refractivity contribution in [2.24, 2.45) is 5.92 Å². The number of rotatable bonds is 4. The summed E-state index contributed by atoms with van der Waals surface area (Å²) in [5.41, 5.74) is 0.353. The molecule has 92 valence electrons. The van der Waals surface area contributed by atoms with Gasteiger partial charge >= 0.3 is 0 Å². The first kappa shape index (κ1) is 13.5. The van der Waals surface area contributed by atoms with Gasteiger partial charge in [0.1, 0.15) is 11.6 Å². The molecule has 0 fully saturated rings. The molecule has 0 aliphatic rings. The van der Waals surface area contributed by atoms with Gasteiger partial charge in [0.2, 0.25) is 0 Å². The van der Waals surface area contributed by atoms with E-state index in [2.05, 4.69) is 11.2 Å². The van der Waals surface area contributed by atoms with Gasteiger partial charge in [-0.2, -0.15) is 5.26 Å². The molecule has 1 aromatic rings. The van der Waals surface area contributed by atoms with Crippen LogP contribution in [0.15, 0.2) is 18.2 Å². The normalized spacial score (nSPS) is 11.4. The maximum atomic E-state index is 10.8. The highest BCUT2D eigenvalue weighted by Gasteiger charge is 2.16. The summed E-state index contributed by atoms with van der Waals surface area (Å²) in [6.07, 6.45) is 5.38. The number of benzene rings is 1. The van der Waals surface area contributed by atoms with E-state index in [1.54, 1.807) is 12.1 Å². The van der Waals surface area contributed by atoms with E-state index in [0.29, 0.717) is 5.69 Å². The highest BCUT2D eigenvalue weighted by molar-refractivity contribution is 5.59. The maximum absolute atomic E-state index is 10.8. The fourth-order valence-electron chi connectivity index (χ4n) is 1.45. The van der Waals surface area contributed by atoms with E-state index in [1.807, 2.05) is 13.8 Å². The topological polar surface area (TPSA) is 79.0 Å². The monoisotopic (exact) mass is 243 g/mol. The quantitative estimate of drug-likeness (QED) is 0.500. The zero-order valence-corrected chi connectivity index (χ0v) is 10.2. The van der Waals surface area contributed by atoms with E-state index in [0.717, 1.165) is 0 Å². The summed E-state index contributed by atoms with van der Waals surface area (Å²) in [5.74, 6) is 2.78. The zero-order valence-electron chi connectivity index (χ0n) is 10.2. The fourth-order valence-corrected chi connectivity index (χ4v) is 1.45. The molecule has 0 radical (unpaired) electrons. The van der Waals surface area contributed by atoms with Gasteiger partial charge in [-0.1, -0.05) is 19.8 Å². The third-order valence-electron chi connectivity index (χ3n) is 2.48. The molecule has 18 heavy (non-hydrogen) atoms. The van der Waals surface area contributed by atoms with Crippen molar-refractivity contribution in [2.45, 2.75) is 19.9 Å². The fraction of sp³-hybridized carbons (Fsp3) is 0.308. The minimum atomic E-state index is -0.579. The van der Waals surface area contributed by atoms with Crippen LogP contribution in [0.3, 0.4) is 0 Å². The Balaban J connectivity index is 3.07. The van der Waals surface area contributed by atoms with E-state index in [-0.39, 0.29) is 23.2 Å². The van der Waals surface area contributed by atoms with Gasteiger partial charge in [0, 0.05) is 11.8 Å². The molecule has 0 spiro atoms.